The summed E-state index contributed by atoms with van der Waals surface area (Å²) in [6.45, 7) is 1.23. The molecular formula is C11H21N3O5. The van der Waals surface area contributed by atoms with Crippen molar-refractivity contribution in [3.05, 3.63) is 0 Å². The van der Waals surface area contributed by atoms with E-state index in [1.54, 1.807) is 14.1 Å². The highest BCUT2D eigenvalue weighted by Gasteiger charge is 2.22. The van der Waals surface area contributed by atoms with Crippen LogP contribution >= 0.6 is 0 Å². The number of rotatable bonds is 9. The smallest absolute Gasteiger partial charge is 0.326 e. The first-order valence-corrected chi connectivity index (χ1v) is 5.99. The van der Waals surface area contributed by atoms with E-state index >= 15 is 0 Å². The fourth-order valence-electron chi connectivity index (χ4n) is 1.38. The first-order valence-electron chi connectivity index (χ1n) is 5.99. The van der Waals surface area contributed by atoms with Gasteiger partial charge in [-0.05, 0) is 26.4 Å². The van der Waals surface area contributed by atoms with Gasteiger partial charge in [0.2, 0.25) is 0 Å². The van der Waals surface area contributed by atoms with Crippen molar-refractivity contribution < 1.29 is 24.6 Å². The van der Waals surface area contributed by atoms with Gasteiger partial charge in [-0.2, -0.15) is 0 Å². The zero-order valence-corrected chi connectivity index (χ0v) is 11.2. The highest BCUT2D eigenvalue weighted by atomic mass is 16.4. The summed E-state index contributed by atoms with van der Waals surface area (Å²) in [5, 5.41) is 22.6. The molecule has 4 N–H and O–H groups in total. The van der Waals surface area contributed by atoms with E-state index in [2.05, 4.69) is 10.6 Å². The lowest BCUT2D eigenvalue weighted by molar-refractivity contribution is -0.140. The third kappa shape index (κ3) is 7.98. The van der Waals surface area contributed by atoms with Crippen molar-refractivity contribution in [2.24, 2.45) is 0 Å². The van der Waals surface area contributed by atoms with Crippen LogP contribution in [0.15, 0.2) is 0 Å². The molecule has 0 bridgehead atoms. The SMILES string of the molecule is CNCCCN(C)C(=O)NC(CCC(=O)O)C(=O)O. The van der Waals surface area contributed by atoms with E-state index in [0.29, 0.717) is 6.54 Å². The number of nitrogens with zero attached hydrogens (tertiary/aromatic N) is 1. The number of carboxylic acid groups (broad SMARTS) is 2. The summed E-state index contributed by atoms with van der Waals surface area (Å²) in [7, 11) is 3.35. The van der Waals surface area contributed by atoms with Crippen LogP contribution < -0.4 is 10.6 Å². The van der Waals surface area contributed by atoms with Crippen molar-refractivity contribution in [1.82, 2.24) is 15.5 Å². The van der Waals surface area contributed by atoms with Gasteiger partial charge in [0, 0.05) is 20.0 Å². The van der Waals surface area contributed by atoms with Gasteiger partial charge in [0.1, 0.15) is 6.04 Å². The van der Waals surface area contributed by atoms with Gasteiger partial charge in [-0.15, -0.1) is 0 Å². The summed E-state index contributed by atoms with van der Waals surface area (Å²) < 4.78 is 0. The van der Waals surface area contributed by atoms with Gasteiger partial charge in [-0.3, -0.25) is 4.79 Å². The van der Waals surface area contributed by atoms with Gasteiger partial charge >= 0.3 is 18.0 Å². The number of hydrogen-bond acceptors (Lipinski definition) is 4. The topological polar surface area (TPSA) is 119 Å². The quantitative estimate of drug-likeness (QED) is 0.423. The second-order valence-corrected chi connectivity index (χ2v) is 4.15. The zero-order valence-electron chi connectivity index (χ0n) is 11.2. The Labute approximate surface area is 111 Å². The van der Waals surface area contributed by atoms with Crippen molar-refractivity contribution in [2.45, 2.75) is 25.3 Å². The van der Waals surface area contributed by atoms with E-state index < -0.39 is 24.0 Å². The van der Waals surface area contributed by atoms with Crippen molar-refractivity contribution in [2.75, 3.05) is 27.2 Å². The number of amides is 2. The van der Waals surface area contributed by atoms with Crippen molar-refractivity contribution in [3.63, 3.8) is 0 Å². The van der Waals surface area contributed by atoms with Crippen molar-refractivity contribution in [3.8, 4) is 0 Å². The second-order valence-electron chi connectivity index (χ2n) is 4.15. The van der Waals surface area contributed by atoms with E-state index in [4.69, 9.17) is 10.2 Å². The van der Waals surface area contributed by atoms with Crippen LogP contribution in [-0.4, -0.2) is 66.3 Å². The first-order chi connectivity index (χ1) is 8.88. The Morgan fingerprint density at radius 3 is 2.37 bits per heavy atom. The summed E-state index contributed by atoms with van der Waals surface area (Å²) in [5.41, 5.74) is 0. The van der Waals surface area contributed by atoms with Crippen molar-refractivity contribution in [1.29, 1.82) is 0 Å². The summed E-state index contributed by atoms with van der Waals surface area (Å²) >= 11 is 0. The Bertz CT molecular complexity index is 321. The largest absolute Gasteiger partial charge is 0.481 e. The van der Waals surface area contributed by atoms with Gasteiger partial charge < -0.3 is 25.7 Å². The van der Waals surface area contributed by atoms with Crippen LogP contribution in [-0.2, 0) is 9.59 Å². The molecule has 0 aliphatic carbocycles. The predicted molar refractivity (Wildman–Crippen MR) is 68.0 cm³/mol. The summed E-state index contributed by atoms with van der Waals surface area (Å²) in [6, 6.07) is -1.70. The van der Waals surface area contributed by atoms with Crippen LogP contribution in [0.3, 0.4) is 0 Å². The van der Waals surface area contributed by atoms with Crippen LogP contribution in [0.5, 0.6) is 0 Å². The Balaban J connectivity index is 4.22. The van der Waals surface area contributed by atoms with Gasteiger partial charge in [-0.25, -0.2) is 9.59 Å². The molecule has 0 aromatic carbocycles. The van der Waals surface area contributed by atoms with Crippen molar-refractivity contribution >= 4 is 18.0 Å². The molecule has 1 unspecified atom stereocenters. The first kappa shape index (κ1) is 17.2. The van der Waals surface area contributed by atoms with E-state index in [9.17, 15) is 14.4 Å². The fraction of sp³-hybridized carbons (Fsp3) is 0.727. The lowest BCUT2D eigenvalue weighted by Gasteiger charge is -2.21. The summed E-state index contributed by atoms with van der Waals surface area (Å²) in [5.74, 6) is -2.33. The van der Waals surface area contributed by atoms with Crippen LogP contribution in [0.1, 0.15) is 19.3 Å². The van der Waals surface area contributed by atoms with Gasteiger partial charge in [-0.1, -0.05) is 0 Å². The number of nitrogens with one attached hydrogen (secondary N) is 2. The van der Waals surface area contributed by atoms with Crippen LogP contribution in [0.25, 0.3) is 0 Å². The lowest BCUT2D eigenvalue weighted by Crippen LogP contribution is -2.47. The molecule has 0 rings (SSSR count). The number of urea groups is 1. The third-order valence-corrected chi connectivity index (χ3v) is 2.51. The molecule has 0 aliphatic heterocycles. The predicted octanol–water partition coefficient (Wildman–Crippen LogP) is -0.445. The van der Waals surface area contributed by atoms with Gasteiger partial charge in [0.25, 0.3) is 0 Å². The molecular weight excluding hydrogens is 254 g/mol. The van der Waals surface area contributed by atoms with E-state index in [1.165, 1.54) is 4.90 Å². The zero-order chi connectivity index (χ0) is 14.8. The molecule has 2 amide bonds. The molecule has 0 heterocycles. The monoisotopic (exact) mass is 275 g/mol. The molecule has 19 heavy (non-hydrogen) atoms. The minimum Gasteiger partial charge on any atom is -0.481 e. The molecule has 0 aromatic heterocycles. The van der Waals surface area contributed by atoms with E-state index in [1.807, 2.05) is 0 Å². The third-order valence-electron chi connectivity index (χ3n) is 2.51. The molecule has 0 fully saturated rings. The number of hydrogen-bond donors (Lipinski definition) is 4. The Hall–Kier alpha value is -1.83. The van der Waals surface area contributed by atoms with Gasteiger partial charge in [0.15, 0.2) is 0 Å². The highest BCUT2D eigenvalue weighted by molar-refractivity contribution is 5.82. The van der Waals surface area contributed by atoms with Crippen LogP contribution in [0.4, 0.5) is 4.79 Å². The summed E-state index contributed by atoms with van der Waals surface area (Å²) in [4.78, 5) is 34.3. The average Bonchev–Trinajstić information content (AvgIpc) is 2.33. The Morgan fingerprint density at radius 2 is 1.89 bits per heavy atom. The normalized spacial score (nSPS) is 11.7. The molecule has 0 radical (unpaired) electrons. The van der Waals surface area contributed by atoms with Crippen LogP contribution in [0, 0.1) is 0 Å². The molecule has 8 heteroatoms. The minimum absolute atomic E-state index is 0.138. The fourth-order valence-corrected chi connectivity index (χ4v) is 1.38. The standard InChI is InChI=1S/C11H21N3O5/c1-12-6-3-7-14(2)11(19)13-8(10(17)18)4-5-9(15)16/h8,12H,3-7H2,1-2H3,(H,13,19)(H,15,16)(H,17,18). The Kier molecular flexibility index (Phi) is 8.27. The number of carboxylic acids is 2. The lowest BCUT2D eigenvalue weighted by atomic mass is 10.1. The minimum atomic E-state index is -1.24. The highest BCUT2D eigenvalue weighted by Crippen LogP contribution is 1.99. The number of carbonyl (C=O) groups is 3. The Morgan fingerprint density at radius 1 is 1.26 bits per heavy atom. The molecule has 0 saturated heterocycles. The molecule has 0 saturated carbocycles. The van der Waals surface area contributed by atoms with Crippen LogP contribution in [0.2, 0.25) is 0 Å². The molecule has 0 aromatic rings. The number of aliphatic carboxylic acids is 2. The maximum Gasteiger partial charge on any atom is 0.326 e. The molecule has 0 spiro atoms. The maximum atomic E-state index is 11.7. The molecule has 1 atom stereocenters. The summed E-state index contributed by atoms with van der Waals surface area (Å²) in [6.07, 6.45) is 0.300. The maximum absolute atomic E-state index is 11.7. The second kappa shape index (κ2) is 9.15. The number of carbonyl (C=O) groups excluding carboxylic acids is 1. The van der Waals surface area contributed by atoms with E-state index in [0.717, 1.165) is 13.0 Å². The molecule has 110 valence electrons. The average molecular weight is 275 g/mol. The van der Waals surface area contributed by atoms with E-state index in [-0.39, 0.29) is 12.8 Å². The van der Waals surface area contributed by atoms with Gasteiger partial charge in [0.05, 0.1) is 0 Å². The molecule has 8 nitrogen and oxygen atoms in total. The molecule has 0 aliphatic rings.